The van der Waals surface area contributed by atoms with Gasteiger partial charge in [0, 0.05) is 9.79 Å². The summed E-state index contributed by atoms with van der Waals surface area (Å²) in [5.74, 6) is -0.212. The zero-order valence-corrected chi connectivity index (χ0v) is 12.8. The molecule has 0 spiro atoms. The van der Waals surface area contributed by atoms with Crippen molar-refractivity contribution in [1.82, 2.24) is 0 Å². The fourth-order valence-corrected chi connectivity index (χ4v) is 2.42. The third-order valence-corrected chi connectivity index (χ3v) is 3.48. The molecule has 0 unspecified atom stereocenters. The summed E-state index contributed by atoms with van der Waals surface area (Å²) < 4.78 is 0. The van der Waals surface area contributed by atoms with Crippen LogP contribution < -0.4 is 10.2 Å². The number of hydrogen-bond donors (Lipinski definition) is 1. The van der Waals surface area contributed by atoms with Crippen molar-refractivity contribution < 1.29 is 10.2 Å². The van der Waals surface area contributed by atoms with Gasteiger partial charge in [0.15, 0.2) is 0 Å². The van der Waals surface area contributed by atoms with E-state index in [0.717, 1.165) is 0 Å². The van der Waals surface area contributed by atoms with Crippen LogP contribution in [-0.2, 0) is 0 Å². The van der Waals surface area contributed by atoms with Crippen molar-refractivity contribution in [3.63, 3.8) is 0 Å². The standard InChI is InChI=1S/C12H10O2S2.Ca/c13-8-4-1-2-6-10(8)16-11-7-3-5-9(15)12(11)14;/h1-7,13-15H;/q;+2/p-2. The molecule has 2 aromatic carbocycles. The van der Waals surface area contributed by atoms with Crippen molar-refractivity contribution in [1.29, 1.82) is 0 Å². The molecular weight excluding hydrogens is 280 g/mol. The van der Waals surface area contributed by atoms with Crippen LogP contribution in [0, 0.1) is 0 Å². The molecule has 0 aliphatic carbocycles. The summed E-state index contributed by atoms with van der Waals surface area (Å²) in [6, 6.07) is 11.7. The van der Waals surface area contributed by atoms with E-state index in [1.54, 1.807) is 36.4 Å². The molecule has 0 radical (unpaired) electrons. The Bertz CT molecular complexity index is 518. The van der Waals surface area contributed by atoms with Crippen molar-refractivity contribution in [3.8, 4) is 11.5 Å². The number of rotatable bonds is 2. The van der Waals surface area contributed by atoms with Gasteiger partial charge < -0.3 is 10.2 Å². The smallest absolute Gasteiger partial charge is 0.872 e. The fourth-order valence-electron chi connectivity index (χ4n) is 1.24. The molecule has 0 amide bonds. The molecule has 0 fully saturated rings. The summed E-state index contributed by atoms with van der Waals surface area (Å²) in [5, 5.41) is 23.2. The third kappa shape index (κ3) is 3.73. The Morgan fingerprint density at radius 1 is 0.882 bits per heavy atom. The summed E-state index contributed by atoms with van der Waals surface area (Å²) in [4.78, 5) is 1.47. The van der Waals surface area contributed by atoms with E-state index in [2.05, 4.69) is 12.6 Å². The van der Waals surface area contributed by atoms with Crippen LogP contribution in [0.3, 0.4) is 0 Å². The van der Waals surface area contributed by atoms with Crippen LogP contribution in [-0.4, -0.2) is 37.7 Å². The molecule has 0 aromatic heterocycles. The van der Waals surface area contributed by atoms with Gasteiger partial charge in [-0.2, -0.15) is 0 Å². The Kier molecular flexibility index (Phi) is 6.03. The maximum atomic E-state index is 11.7. The second kappa shape index (κ2) is 6.81. The summed E-state index contributed by atoms with van der Waals surface area (Å²) in [6.07, 6.45) is 0. The molecule has 0 bridgehead atoms. The number of thiol groups is 1. The van der Waals surface area contributed by atoms with Gasteiger partial charge in [-0.1, -0.05) is 47.5 Å². The van der Waals surface area contributed by atoms with Crippen LogP contribution in [0.4, 0.5) is 0 Å². The number of benzene rings is 2. The van der Waals surface area contributed by atoms with Crippen LogP contribution >= 0.6 is 24.4 Å². The quantitative estimate of drug-likeness (QED) is 0.678. The monoisotopic (exact) mass is 288 g/mol. The summed E-state index contributed by atoms with van der Waals surface area (Å²) in [6.45, 7) is 0. The molecule has 82 valence electrons. The minimum atomic E-state index is -0.140. The molecule has 0 aliphatic heterocycles. The average Bonchev–Trinajstić information content (AvgIpc) is 2.28. The second-order valence-corrected chi connectivity index (χ2v) is 4.72. The third-order valence-electron chi connectivity index (χ3n) is 2.03. The fraction of sp³-hybridized carbons (Fsp3) is 0. The molecule has 2 nitrogen and oxygen atoms in total. The zero-order valence-electron chi connectivity index (χ0n) is 8.92. The maximum absolute atomic E-state index is 11.7. The minimum Gasteiger partial charge on any atom is -0.872 e. The van der Waals surface area contributed by atoms with Gasteiger partial charge in [-0.3, -0.25) is 0 Å². The van der Waals surface area contributed by atoms with Crippen molar-refractivity contribution in [2.24, 2.45) is 0 Å². The van der Waals surface area contributed by atoms with E-state index in [0.29, 0.717) is 14.7 Å². The van der Waals surface area contributed by atoms with Crippen molar-refractivity contribution >= 4 is 62.1 Å². The largest absolute Gasteiger partial charge is 2.00 e. The maximum Gasteiger partial charge on any atom is 2.00 e. The first-order chi connectivity index (χ1) is 7.68. The topological polar surface area (TPSA) is 46.1 Å². The SMILES string of the molecule is [Ca+2].[O-]c1ccccc1Sc1cccc(S)c1[O-]. The van der Waals surface area contributed by atoms with Gasteiger partial charge in [-0.25, -0.2) is 0 Å². The predicted molar refractivity (Wildman–Crippen MR) is 68.9 cm³/mol. The second-order valence-electron chi connectivity index (χ2n) is 3.15. The van der Waals surface area contributed by atoms with Crippen LogP contribution in [0.15, 0.2) is 57.2 Å². The Morgan fingerprint density at radius 3 is 2.24 bits per heavy atom. The Morgan fingerprint density at radius 2 is 1.53 bits per heavy atom. The van der Waals surface area contributed by atoms with Crippen molar-refractivity contribution in [2.75, 3.05) is 0 Å². The van der Waals surface area contributed by atoms with Gasteiger partial charge in [0.25, 0.3) is 0 Å². The zero-order chi connectivity index (χ0) is 11.5. The molecule has 2 rings (SSSR count). The van der Waals surface area contributed by atoms with Crippen molar-refractivity contribution in [3.05, 3.63) is 42.5 Å². The number of para-hydroxylation sites is 2. The van der Waals surface area contributed by atoms with Crippen molar-refractivity contribution in [2.45, 2.75) is 14.7 Å². The van der Waals surface area contributed by atoms with E-state index < -0.39 is 0 Å². The molecule has 17 heavy (non-hydrogen) atoms. The first-order valence-corrected chi connectivity index (χ1v) is 5.88. The molecular formula is C12H8CaO2S2. The van der Waals surface area contributed by atoms with Gasteiger partial charge in [-0.05, 0) is 23.1 Å². The van der Waals surface area contributed by atoms with Gasteiger partial charge in [0.1, 0.15) is 0 Å². The van der Waals surface area contributed by atoms with Crippen LogP contribution in [0.5, 0.6) is 11.5 Å². The van der Waals surface area contributed by atoms with Crippen LogP contribution in [0.2, 0.25) is 0 Å². The molecule has 5 heteroatoms. The normalized spacial score (nSPS) is 9.71. The summed E-state index contributed by atoms with van der Waals surface area (Å²) in [5.41, 5.74) is 0. The van der Waals surface area contributed by atoms with E-state index in [9.17, 15) is 10.2 Å². The first kappa shape index (κ1) is 15.1. The molecule has 0 aliphatic rings. The molecule has 0 heterocycles. The summed E-state index contributed by atoms with van der Waals surface area (Å²) in [7, 11) is 0. The first-order valence-electron chi connectivity index (χ1n) is 4.61. The number of hydrogen-bond acceptors (Lipinski definition) is 4. The van der Waals surface area contributed by atoms with E-state index >= 15 is 0 Å². The van der Waals surface area contributed by atoms with Gasteiger partial charge in [0.2, 0.25) is 0 Å². The van der Waals surface area contributed by atoms with Gasteiger partial charge in [-0.15, -0.1) is 12.6 Å². The van der Waals surface area contributed by atoms with Crippen LogP contribution in [0.1, 0.15) is 0 Å². The Hall–Kier alpha value is -0.000260. The molecule has 0 saturated heterocycles. The summed E-state index contributed by atoms with van der Waals surface area (Å²) >= 11 is 5.24. The predicted octanol–water partition coefficient (Wildman–Crippen LogP) is 1.89. The Balaban J connectivity index is 0.00000144. The van der Waals surface area contributed by atoms with E-state index in [1.165, 1.54) is 17.8 Å². The average molecular weight is 288 g/mol. The van der Waals surface area contributed by atoms with E-state index in [-0.39, 0.29) is 49.2 Å². The van der Waals surface area contributed by atoms with E-state index in [4.69, 9.17) is 0 Å². The van der Waals surface area contributed by atoms with Gasteiger partial charge in [0.05, 0.1) is 0 Å². The van der Waals surface area contributed by atoms with Gasteiger partial charge >= 0.3 is 37.7 Å². The minimum absolute atomic E-state index is 0. The Labute approximate surface area is 139 Å². The molecule has 0 N–H and O–H groups in total. The van der Waals surface area contributed by atoms with E-state index in [1.807, 2.05) is 0 Å². The molecule has 0 atom stereocenters. The molecule has 0 saturated carbocycles. The molecule has 2 aromatic rings. The van der Waals surface area contributed by atoms with Crippen LogP contribution in [0.25, 0.3) is 0 Å².